The number of ether oxygens (including phenoxy) is 4. The van der Waals surface area contributed by atoms with E-state index in [0.717, 1.165) is 104 Å². The summed E-state index contributed by atoms with van der Waals surface area (Å²) < 4.78 is 37.0. The molecule has 0 saturated carbocycles. The predicted molar refractivity (Wildman–Crippen MR) is 263 cm³/mol. The fourth-order valence-electron chi connectivity index (χ4n) is 11.3. The number of H-pyrrole nitrogens is 1. The van der Waals surface area contributed by atoms with Crippen molar-refractivity contribution in [3.05, 3.63) is 77.4 Å². The van der Waals surface area contributed by atoms with Crippen LogP contribution in [0.4, 0.5) is 36.7 Å². The van der Waals surface area contributed by atoms with Crippen LogP contribution in [0.5, 0.6) is 0 Å². The third kappa shape index (κ3) is 9.61. The molecule has 4 amide bonds. The molecule has 5 N–H and O–H groups in total. The number of benzene rings is 3. The number of fused-ring (bicyclic) bond motifs is 2. The zero-order valence-corrected chi connectivity index (χ0v) is 41.0. The molecule has 4 fully saturated rings. The van der Waals surface area contributed by atoms with E-state index < -0.39 is 36.5 Å². The molecule has 4 aromatic rings. The Hall–Kier alpha value is -6.34. The van der Waals surface area contributed by atoms with E-state index in [9.17, 15) is 19.2 Å². The van der Waals surface area contributed by atoms with E-state index in [1.165, 1.54) is 28.4 Å². The molecule has 19 heteroatoms. The second-order valence-electron chi connectivity index (χ2n) is 19.2. The number of hydrogen-bond acceptors (Lipinski definition) is 13. The minimum atomic E-state index is -0.942. The van der Waals surface area contributed by atoms with E-state index in [0.29, 0.717) is 31.0 Å². The fraction of sp³-hybridized carbons (Fsp3) is 0.549. The van der Waals surface area contributed by atoms with E-state index in [1.54, 1.807) is 24.8 Å². The fourth-order valence-corrected chi connectivity index (χ4v) is 11.3. The van der Waals surface area contributed by atoms with E-state index in [1.807, 2.05) is 17.0 Å². The Bertz CT molecular complexity index is 2560. The van der Waals surface area contributed by atoms with Gasteiger partial charge in [0.2, 0.25) is 11.8 Å². The molecule has 6 heterocycles. The number of nitrogens with zero attached hydrogens (tertiary/aromatic N) is 5. The van der Waals surface area contributed by atoms with Gasteiger partial charge in [-0.3, -0.25) is 9.59 Å². The normalized spacial score (nSPS) is 23.8. The number of rotatable bonds is 14. The van der Waals surface area contributed by atoms with Crippen LogP contribution in [0, 0.1) is 5.82 Å². The zero-order chi connectivity index (χ0) is 49.2. The van der Waals surface area contributed by atoms with Crippen molar-refractivity contribution in [1.29, 1.82) is 0 Å². The highest BCUT2D eigenvalue weighted by molar-refractivity contribution is 5.88. The Labute approximate surface area is 408 Å². The van der Waals surface area contributed by atoms with Gasteiger partial charge < -0.3 is 64.8 Å². The lowest BCUT2D eigenvalue weighted by atomic mass is 10.0. The first kappa shape index (κ1) is 48.7. The summed E-state index contributed by atoms with van der Waals surface area (Å²) in [5, 5.41) is 12.7. The summed E-state index contributed by atoms with van der Waals surface area (Å²) in [4.78, 5) is 69.2. The van der Waals surface area contributed by atoms with Crippen LogP contribution in [-0.2, 0) is 28.5 Å². The second-order valence-corrected chi connectivity index (χ2v) is 19.2. The number of piperidine rings is 1. The number of aromatic nitrogens is 2. The number of hydrogen-bond donors (Lipinski definition) is 5. The van der Waals surface area contributed by atoms with Gasteiger partial charge in [0.15, 0.2) is 0 Å². The quantitative estimate of drug-likeness (QED) is 0.0859. The van der Waals surface area contributed by atoms with Crippen LogP contribution < -0.4 is 31.1 Å². The maximum atomic E-state index is 16.4. The molecule has 3 aromatic carbocycles. The summed E-state index contributed by atoms with van der Waals surface area (Å²) in [7, 11) is 5.53. The van der Waals surface area contributed by atoms with Crippen molar-refractivity contribution < 1.29 is 42.5 Å². The Kier molecular flexibility index (Phi) is 14.6. The molecule has 0 aliphatic carbocycles. The molecule has 5 aliphatic rings. The lowest BCUT2D eigenvalue weighted by Crippen LogP contribution is -2.57. The standard InChI is InChI=1S/C51H67FN10O8/c1-29(67-3)44(57-50(65)69-5)48(63)60-24-10-12-42(60)46-53-35-17-14-31(26-37(35)55-46)39-20-21-40(62(39)33-16-19-41(34(52)28-33)59-22-8-7-9-23-59)32-15-18-36-38(27-32)56-47(54-36)43-13-11-25-61(43)49(64)45(30(2)68-4)58-51(66)70-6/h14-19,26-30,39-40,42-46,53,55H,7-13,20-25H2,1-6H3,(H,54,56)(H,57,65)(H,58,66)/t29-,30-,39+,40+,42+,43+,44+,45+,46?/m1/s1. The molecule has 5 aliphatic heterocycles. The van der Waals surface area contributed by atoms with E-state index in [-0.39, 0.29) is 48.0 Å². The number of carbonyl (C=O) groups excluding carboxylic acids is 4. The zero-order valence-electron chi connectivity index (χ0n) is 41.0. The number of imidazole rings is 1. The highest BCUT2D eigenvalue weighted by Gasteiger charge is 2.43. The topological polar surface area (TPSA) is 195 Å². The van der Waals surface area contributed by atoms with Crippen molar-refractivity contribution in [2.24, 2.45) is 0 Å². The van der Waals surface area contributed by atoms with Gasteiger partial charge in [0.05, 0.1) is 78.7 Å². The SMILES string of the molecule is COC(=O)N[C@H](C(=O)N1CCC[C@H]1c1nc2cc([C@@H]3CC[C@@H](c4ccc5c(c4)NC([C@@H]4CCCN4C(=O)[C@@H](NC(=O)OC)[C@@H](C)OC)N5)N3c3ccc(N4CCCCC4)c(F)c3)ccc2[nH]1)[C@@H](C)OC. The minimum absolute atomic E-state index is 0.105. The van der Waals surface area contributed by atoms with Gasteiger partial charge in [0, 0.05) is 46.1 Å². The Balaban J connectivity index is 0.991. The van der Waals surface area contributed by atoms with Gasteiger partial charge in [-0.15, -0.1) is 0 Å². The van der Waals surface area contributed by atoms with E-state index in [4.69, 9.17) is 23.9 Å². The molecule has 70 heavy (non-hydrogen) atoms. The molecular formula is C51H67FN10O8. The minimum Gasteiger partial charge on any atom is -0.453 e. The number of halogens is 1. The summed E-state index contributed by atoms with van der Waals surface area (Å²) in [6.07, 6.45) is 5.03. The number of methoxy groups -OCH3 is 4. The van der Waals surface area contributed by atoms with Gasteiger partial charge in [-0.25, -0.2) is 19.0 Å². The van der Waals surface area contributed by atoms with E-state index in [2.05, 4.69) is 72.4 Å². The van der Waals surface area contributed by atoms with Crippen molar-refractivity contribution >= 4 is 57.8 Å². The summed E-state index contributed by atoms with van der Waals surface area (Å²) in [6.45, 7) is 6.20. The van der Waals surface area contributed by atoms with Crippen LogP contribution in [0.3, 0.4) is 0 Å². The first-order valence-electron chi connectivity index (χ1n) is 24.8. The molecule has 4 saturated heterocycles. The number of amides is 4. The molecule has 376 valence electrons. The van der Waals surface area contributed by atoms with Crippen molar-refractivity contribution in [1.82, 2.24) is 30.4 Å². The Morgan fingerprint density at radius 1 is 0.671 bits per heavy atom. The van der Waals surface area contributed by atoms with Crippen molar-refractivity contribution in [3.8, 4) is 0 Å². The molecule has 0 radical (unpaired) electrons. The lowest BCUT2D eigenvalue weighted by Gasteiger charge is -2.35. The monoisotopic (exact) mass is 967 g/mol. The summed E-state index contributed by atoms with van der Waals surface area (Å²) >= 11 is 0. The lowest BCUT2D eigenvalue weighted by molar-refractivity contribution is -0.138. The molecule has 0 bridgehead atoms. The van der Waals surface area contributed by atoms with E-state index >= 15 is 4.39 Å². The highest BCUT2D eigenvalue weighted by Crippen LogP contribution is 2.49. The van der Waals surface area contributed by atoms with Gasteiger partial charge >= 0.3 is 12.2 Å². The molecule has 1 aromatic heterocycles. The predicted octanol–water partition coefficient (Wildman–Crippen LogP) is 7.11. The number of alkyl carbamates (subject to hydrolysis) is 2. The summed E-state index contributed by atoms with van der Waals surface area (Å²) in [5.41, 5.74) is 6.98. The molecule has 18 nitrogen and oxygen atoms in total. The molecule has 9 rings (SSSR count). The second kappa shape index (κ2) is 20.9. The average molecular weight is 967 g/mol. The first-order valence-corrected chi connectivity index (χ1v) is 24.8. The van der Waals surface area contributed by atoms with Crippen molar-refractivity contribution in [2.75, 3.05) is 75.1 Å². The van der Waals surface area contributed by atoms with Gasteiger partial charge in [-0.1, -0.05) is 12.1 Å². The maximum absolute atomic E-state index is 16.4. The number of anilines is 4. The number of likely N-dealkylation sites (tertiary alicyclic amines) is 2. The number of aromatic amines is 1. The molecule has 9 atom stereocenters. The summed E-state index contributed by atoms with van der Waals surface area (Å²) in [6, 6.07) is 15.7. The Morgan fingerprint density at radius 3 is 1.94 bits per heavy atom. The third-order valence-electron chi connectivity index (χ3n) is 15.2. The van der Waals surface area contributed by atoms with Crippen LogP contribution in [0.15, 0.2) is 54.6 Å². The van der Waals surface area contributed by atoms with Gasteiger partial charge in [-0.2, -0.15) is 0 Å². The van der Waals surface area contributed by atoms with Crippen molar-refractivity contribution in [2.45, 2.75) is 126 Å². The van der Waals surface area contributed by atoms with Crippen LogP contribution in [-0.4, -0.2) is 135 Å². The highest BCUT2D eigenvalue weighted by atomic mass is 19.1. The van der Waals surface area contributed by atoms with Gasteiger partial charge in [-0.05, 0) is 125 Å². The molecule has 0 spiro atoms. The third-order valence-corrected chi connectivity index (χ3v) is 15.2. The summed E-state index contributed by atoms with van der Waals surface area (Å²) in [5.74, 6) is -0.0717. The van der Waals surface area contributed by atoms with Crippen molar-refractivity contribution in [3.63, 3.8) is 0 Å². The molecular weight excluding hydrogens is 900 g/mol. The van der Waals surface area contributed by atoms with Crippen LogP contribution in [0.2, 0.25) is 0 Å². The van der Waals surface area contributed by atoms with Crippen LogP contribution in [0.25, 0.3) is 11.0 Å². The Morgan fingerprint density at radius 2 is 1.29 bits per heavy atom. The largest absolute Gasteiger partial charge is 0.453 e. The van der Waals surface area contributed by atoms with Gasteiger partial charge in [0.25, 0.3) is 0 Å². The van der Waals surface area contributed by atoms with Crippen LogP contribution in [0.1, 0.15) is 107 Å². The number of nitrogens with one attached hydrogen (secondary N) is 5. The molecule has 1 unspecified atom stereocenters. The van der Waals surface area contributed by atoms with Crippen LogP contribution >= 0.6 is 0 Å². The first-order chi connectivity index (χ1) is 33.9. The smallest absolute Gasteiger partial charge is 0.407 e. The average Bonchev–Trinajstić information content (AvgIpc) is 4.25. The maximum Gasteiger partial charge on any atom is 0.407 e. The number of carbonyl (C=O) groups is 4. The van der Waals surface area contributed by atoms with Gasteiger partial charge in [0.1, 0.15) is 29.9 Å².